The third-order valence-electron chi connectivity index (χ3n) is 3.00. The molecule has 5 nitrogen and oxygen atoms in total. The fraction of sp³-hybridized carbons (Fsp3) is 0.286. The minimum absolute atomic E-state index is 0.0433. The number of aryl methyl sites for hydroxylation is 1. The van der Waals surface area contributed by atoms with Crippen LogP contribution in [-0.2, 0) is 6.61 Å². The van der Waals surface area contributed by atoms with Gasteiger partial charge in [-0.2, -0.15) is 0 Å². The molecule has 0 radical (unpaired) electrons. The number of aliphatic hydroxyl groups excluding tert-OH is 1. The third-order valence-corrected chi connectivity index (χ3v) is 3.00. The second kappa shape index (κ2) is 5.67. The number of ether oxygens (including phenoxy) is 1. The first-order valence-corrected chi connectivity index (χ1v) is 5.97. The van der Waals surface area contributed by atoms with Gasteiger partial charge in [-0.1, -0.05) is 0 Å². The van der Waals surface area contributed by atoms with Crippen molar-refractivity contribution >= 4 is 11.6 Å². The molecule has 2 rings (SSSR count). The Morgan fingerprint density at radius 3 is 2.47 bits per heavy atom. The molecule has 0 bridgehead atoms. The van der Waals surface area contributed by atoms with Crippen LogP contribution in [0.4, 0.5) is 11.6 Å². The van der Waals surface area contributed by atoms with Crippen molar-refractivity contribution in [2.75, 3.05) is 19.1 Å². The summed E-state index contributed by atoms with van der Waals surface area (Å²) in [6.07, 6.45) is 1.65. The highest BCUT2D eigenvalue weighted by Crippen LogP contribution is 2.23. The summed E-state index contributed by atoms with van der Waals surface area (Å²) in [5, 5.41) is 9.12. The van der Waals surface area contributed by atoms with E-state index in [0.717, 1.165) is 22.7 Å². The van der Waals surface area contributed by atoms with Crippen molar-refractivity contribution in [3.63, 3.8) is 0 Å². The molecule has 1 heterocycles. The van der Waals surface area contributed by atoms with Crippen LogP contribution in [0.3, 0.4) is 0 Å². The summed E-state index contributed by atoms with van der Waals surface area (Å²) in [7, 11) is 3.54. The van der Waals surface area contributed by atoms with Gasteiger partial charge >= 0.3 is 0 Å². The van der Waals surface area contributed by atoms with Gasteiger partial charge in [0.25, 0.3) is 0 Å². The highest BCUT2D eigenvalue weighted by atomic mass is 16.5. The van der Waals surface area contributed by atoms with Crippen molar-refractivity contribution in [1.82, 2.24) is 9.97 Å². The van der Waals surface area contributed by atoms with Gasteiger partial charge in [0.15, 0.2) is 0 Å². The largest absolute Gasteiger partial charge is 0.497 e. The molecule has 0 fully saturated rings. The van der Waals surface area contributed by atoms with Crippen LogP contribution >= 0.6 is 0 Å². The van der Waals surface area contributed by atoms with Gasteiger partial charge in [-0.05, 0) is 31.2 Å². The number of hydrogen-bond acceptors (Lipinski definition) is 5. The summed E-state index contributed by atoms with van der Waals surface area (Å²) in [5.41, 5.74) is 2.50. The lowest BCUT2D eigenvalue weighted by Crippen LogP contribution is -2.14. The van der Waals surface area contributed by atoms with E-state index in [1.54, 1.807) is 13.3 Å². The minimum atomic E-state index is -0.0433. The average Bonchev–Trinajstić information content (AvgIpc) is 2.46. The molecule has 0 saturated carbocycles. The number of rotatable bonds is 4. The van der Waals surface area contributed by atoms with E-state index in [-0.39, 0.29) is 6.61 Å². The van der Waals surface area contributed by atoms with Gasteiger partial charge in [0, 0.05) is 30.2 Å². The standard InChI is InChI=1S/C14H17N3O2/c1-10-11(9-18)8-15-14(16-10)17(2)12-4-6-13(19-3)7-5-12/h4-8,18H,9H2,1-3H3. The van der Waals surface area contributed by atoms with Gasteiger partial charge < -0.3 is 14.7 Å². The molecule has 100 valence electrons. The fourth-order valence-corrected chi connectivity index (χ4v) is 1.72. The van der Waals surface area contributed by atoms with Crippen LogP contribution < -0.4 is 9.64 Å². The highest BCUT2D eigenvalue weighted by Gasteiger charge is 2.09. The maximum atomic E-state index is 9.12. The number of aromatic nitrogens is 2. The Morgan fingerprint density at radius 2 is 1.95 bits per heavy atom. The number of benzene rings is 1. The summed E-state index contributed by atoms with van der Waals surface area (Å²) in [4.78, 5) is 10.5. The first-order valence-electron chi connectivity index (χ1n) is 5.97. The van der Waals surface area contributed by atoms with Crippen molar-refractivity contribution in [2.45, 2.75) is 13.5 Å². The molecule has 0 aliphatic rings. The second-order valence-corrected chi connectivity index (χ2v) is 4.20. The van der Waals surface area contributed by atoms with Crippen molar-refractivity contribution in [3.05, 3.63) is 41.7 Å². The number of aliphatic hydroxyl groups is 1. The molecular formula is C14H17N3O2. The Morgan fingerprint density at radius 1 is 1.26 bits per heavy atom. The minimum Gasteiger partial charge on any atom is -0.497 e. The van der Waals surface area contributed by atoms with Crippen LogP contribution in [0.1, 0.15) is 11.3 Å². The molecule has 1 aromatic heterocycles. The molecule has 1 aromatic carbocycles. The van der Waals surface area contributed by atoms with E-state index in [0.29, 0.717) is 5.95 Å². The Hall–Kier alpha value is -2.14. The molecule has 0 aliphatic heterocycles. The lowest BCUT2D eigenvalue weighted by molar-refractivity contribution is 0.280. The summed E-state index contributed by atoms with van der Waals surface area (Å²) < 4.78 is 5.13. The predicted molar refractivity (Wildman–Crippen MR) is 73.7 cm³/mol. The molecule has 0 unspecified atom stereocenters. The first kappa shape index (κ1) is 13.3. The van der Waals surface area contributed by atoms with Crippen LogP contribution in [0.2, 0.25) is 0 Å². The molecule has 0 saturated heterocycles. The van der Waals surface area contributed by atoms with E-state index in [1.807, 2.05) is 43.1 Å². The van der Waals surface area contributed by atoms with E-state index in [1.165, 1.54) is 0 Å². The highest BCUT2D eigenvalue weighted by molar-refractivity contribution is 5.57. The van der Waals surface area contributed by atoms with Crippen LogP contribution in [0, 0.1) is 6.92 Å². The SMILES string of the molecule is COc1ccc(N(C)c2ncc(CO)c(C)n2)cc1. The van der Waals surface area contributed by atoms with E-state index in [9.17, 15) is 0 Å². The molecule has 0 atom stereocenters. The number of anilines is 2. The first-order chi connectivity index (χ1) is 9.15. The normalized spacial score (nSPS) is 10.3. The quantitative estimate of drug-likeness (QED) is 0.910. The topological polar surface area (TPSA) is 58.5 Å². The van der Waals surface area contributed by atoms with E-state index < -0.39 is 0 Å². The number of hydrogen-bond donors (Lipinski definition) is 1. The molecule has 5 heteroatoms. The van der Waals surface area contributed by atoms with E-state index in [2.05, 4.69) is 9.97 Å². The zero-order valence-corrected chi connectivity index (χ0v) is 11.3. The molecule has 0 spiro atoms. The molecule has 0 aliphatic carbocycles. The van der Waals surface area contributed by atoms with Crippen molar-refractivity contribution < 1.29 is 9.84 Å². The van der Waals surface area contributed by atoms with Gasteiger partial charge in [0.2, 0.25) is 5.95 Å². The number of methoxy groups -OCH3 is 1. The van der Waals surface area contributed by atoms with Gasteiger partial charge in [-0.25, -0.2) is 9.97 Å². The summed E-state index contributed by atoms with van der Waals surface area (Å²) in [6.45, 7) is 1.82. The zero-order chi connectivity index (χ0) is 13.8. The lowest BCUT2D eigenvalue weighted by atomic mass is 10.2. The van der Waals surface area contributed by atoms with Crippen LogP contribution in [0.5, 0.6) is 5.75 Å². The van der Waals surface area contributed by atoms with Gasteiger partial charge in [-0.15, -0.1) is 0 Å². The molecule has 2 aromatic rings. The molecule has 1 N–H and O–H groups in total. The summed E-state index contributed by atoms with van der Waals surface area (Å²) in [6, 6.07) is 7.66. The summed E-state index contributed by atoms with van der Waals surface area (Å²) >= 11 is 0. The van der Waals surface area contributed by atoms with Gasteiger partial charge in [0.1, 0.15) is 5.75 Å². The predicted octanol–water partition coefficient (Wildman–Crippen LogP) is 2.05. The Labute approximate surface area is 112 Å². The van der Waals surface area contributed by atoms with Gasteiger partial charge in [-0.3, -0.25) is 0 Å². The second-order valence-electron chi connectivity index (χ2n) is 4.20. The zero-order valence-electron chi connectivity index (χ0n) is 11.3. The van der Waals surface area contributed by atoms with Crippen molar-refractivity contribution in [2.24, 2.45) is 0 Å². The van der Waals surface area contributed by atoms with Crippen molar-refractivity contribution in [3.8, 4) is 5.75 Å². The Bertz CT molecular complexity index is 555. The molecule has 0 amide bonds. The maximum absolute atomic E-state index is 9.12. The Balaban J connectivity index is 2.27. The summed E-state index contributed by atoms with van der Waals surface area (Å²) in [5.74, 6) is 1.41. The average molecular weight is 259 g/mol. The maximum Gasteiger partial charge on any atom is 0.229 e. The van der Waals surface area contributed by atoms with Crippen LogP contribution in [-0.4, -0.2) is 29.2 Å². The smallest absolute Gasteiger partial charge is 0.229 e. The third kappa shape index (κ3) is 2.82. The molecule has 19 heavy (non-hydrogen) atoms. The van der Waals surface area contributed by atoms with Crippen LogP contribution in [0.25, 0.3) is 0 Å². The monoisotopic (exact) mass is 259 g/mol. The van der Waals surface area contributed by atoms with E-state index in [4.69, 9.17) is 9.84 Å². The van der Waals surface area contributed by atoms with Crippen molar-refractivity contribution in [1.29, 1.82) is 0 Å². The number of nitrogens with zero attached hydrogens (tertiary/aromatic N) is 3. The fourth-order valence-electron chi connectivity index (χ4n) is 1.72. The van der Waals surface area contributed by atoms with Crippen LogP contribution in [0.15, 0.2) is 30.5 Å². The Kier molecular flexibility index (Phi) is 3.97. The van der Waals surface area contributed by atoms with E-state index >= 15 is 0 Å². The lowest BCUT2D eigenvalue weighted by Gasteiger charge is -2.18. The van der Waals surface area contributed by atoms with Gasteiger partial charge in [0.05, 0.1) is 13.7 Å². The molecular weight excluding hydrogens is 242 g/mol.